The van der Waals surface area contributed by atoms with E-state index in [1.54, 1.807) is 0 Å². The number of rotatable bonds is 0. The van der Waals surface area contributed by atoms with Crippen LogP contribution in [0.1, 0.15) is 20.8 Å². The maximum atomic E-state index is 5.39. The Kier molecular flexibility index (Phi) is 2.10. The molecule has 0 aromatic rings. The lowest BCUT2D eigenvalue weighted by atomic mass is 10.3. The Morgan fingerprint density at radius 1 is 1.50 bits per heavy atom. The van der Waals surface area contributed by atoms with E-state index >= 15 is 0 Å². The molecule has 1 aliphatic rings. The molecule has 0 saturated heterocycles. The third-order valence-corrected chi connectivity index (χ3v) is 1.38. The van der Waals surface area contributed by atoms with Crippen LogP contribution in [0.15, 0.2) is 16.8 Å². The van der Waals surface area contributed by atoms with Gasteiger partial charge in [-0.05, 0) is 26.8 Å². The lowest BCUT2D eigenvalue weighted by Crippen LogP contribution is -2.06. The van der Waals surface area contributed by atoms with Crippen molar-refractivity contribution in [1.82, 2.24) is 0 Å². The molecule has 0 N–H and O–H groups in total. The van der Waals surface area contributed by atoms with Crippen molar-refractivity contribution in [3.05, 3.63) is 11.8 Å². The summed E-state index contributed by atoms with van der Waals surface area (Å²) < 4.78 is 5.39. The fourth-order valence-electron chi connectivity index (χ4n) is 1.00. The first-order valence-electron chi connectivity index (χ1n) is 3.57. The van der Waals surface area contributed by atoms with Crippen molar-refractivity contribution in [1.29, 1.82) is 0 Å². The zero-order valence-corrected chi connectivity index (χ0v) is 6.66. The Labute approximate surface area is 61.6 Å². The van der Waals surface area contributed by atoms with Crippen LogP contribution in [-0.4, -0.2) is 18.4 Å². The van der Waals surface area contributed by atoms with Gasteiger partial charge in [0.05, 0.1) is 11.8 Å². The summed E-state index contributed by atoms with van der Waals surface area (Å²) in [6.45, 7) is 5.99. The molecular weight excluding hydrogens is 126 g/mol. The highest BCUT2D eigenvalue weighted by Gasteiger charge is 2.05. The molecule has 0 bridgehead atoms. The van der Waals surface area contributed by atoms with Gasteiger partial charge in [0.1, 0.15) is 6.10 Å². The van der Waals surface area contributed by atoms with Crippen molar-refractivity contribution in [2.75, 3.05) is 0 Å². The minimum Gasteiger partial charge on any atom is -0.490 e. The van der Waals surface area contributed by atoms with Crippen LogP contribution >= 0.6 is 0 Å². The molecule has 0 saturated carbocycles. The molecule has 1 heterocycles. The molecule has 0 radical (unpaired) electrons. The lowest BCUT2D eigenvalue weighted by molar-refractivity contribution is 0.191. The van der Waals surface area contributed by atoms with Crippen molar-refractivity contribution >= 4 is 6.21 Å². The Morgan fingerprint density at radius 3 is 2.90 bits per heavy atom. The Balaban J connectivity index is 2.69. The predicted molar refractivity (Wildman–Crippen MR) is 42.3 cm³/mol. The summed E-state index contributed by atoms with van der Waals surface area (Å²) in [6, 6.07) is 0.268. The van der Waals surface area contributed by atoms with Crippen LogP contribution in [0.2, 0.25) is 0 Å². The predicted octanol–water partition coefficient (Wildman–Crippen LogP) is 1.77. The van der Waals surface area contributed by atoms with E-state index in [4.69, 9.17) is 4.74 Å². The Hall–Kier alpha value is -0.790. The van der Waals surface area contributed by atoms with E-state index < -0.39 is 0 Å². The smallest absolute Gasteiger partial charge is 0.130 e. The van der Waals surface area contributed by atoms with Crippen LogP contribution in [0.25, 0.3) is 0 Å². The van der Waals surface area contributed by atoms with Gasteiger partial charge >= 0.3 is 0 Å². The number of hydrogen-bond acceptors (Lipinski definition) is 2. The second kappa shape index (κ2) is 2.86. The molecule has 10 heavy (non-hydrogen) atoms. The zero-order valence-electron chi connectivity index (χ0n) is 6.66. The van der Waals surface area contributed by atoms with E-state index in [1.807, 2.05) is 33.1 Å². The molecule has 2 heteroatoms. The standard InChI is InChI=1S/C8H13NO/c1-6-4-7(2)10-8(3)5-9-6/h4-6,8H,1-3H3. The van der Waals surface area contributed by atoms with E-state index in [-0.39, 0.29) is 12.1 Å². The first-order chi connectivity index (χ1) is 4.68. The highest BCUT2D eigenvalue weighted by Crippen LogP contribution is 2.07. The van der Waals surface area contributed by atoms with Crippen LogP contribution in [0.5, 0.6) is 0 Å². The average Bonchev–Trinajstić information content (AvgIpc) is 1.93. The van der Waals surface area contributed by atoms with Gasteiger partial charge in [0.25, 0.3) is 0 Å². The van der Waals surface area contributed by atoms with Gasteiger partial charge in [0.2, 0.25) is 0 Å². The summed E-state index contributed by atoms with van der Waals surface area (Å²) >= 11 is 0. The molecule has 0 aromatic carbocycles. The molecule has 2 atom stereocenters. The Morgan fingerprint density at radius 2 is 2.20 bits per heavy atom. The number of ether oxygens (including phenoxy) is 1. The van der Waals surface area contributed by atoms with Gasteiger partial charge in [0, 0.05) is 6.21 Å². The SMILES string of the molecule is CC1=CC(C)N=CC(C)O1. The molecule has 1 aliphatic heterocycles. The van der Waals surface area contributed by atoms with Crippen molar-refractivity contribution in [3.8, 4) is 0 Å². The number of allylic oxidation sites excluding steroid dienone is 1. The molecular formula is C8H13NO. The third-order valence-electron chi connectivity index (χ3n) is 1.38. The summed E-state index contributed by atoms with van der Waals surface area (Å²) in [5.41, 5.74) is 0. The third kappa shape index (κ3) is 1.87. The first-order valence-corrected chi connectivity index (χ1v) is 3.57. The maximum Gasteiger partial charge on any atom is 0.130 e. The summed E-state index contributed by atoms with van der Waals surface area (Å²) in [5.74, 6) is 0.970. The molecule has 0 aromatic heterocycles. The fraction of sp³-hybridized carbons (Fsp3) is 0.625. The van der Waals surface area contributed by atoms with E-state index in [1.165, 1.54) is 0 Å². The molecule has 56 valence electrons. The highest BCUT2D eigenvalue weighted by molar-refractivity contribution is 5.63. The molecule has 2 nitrogen and oxygen atoms in total. The molecule has 0 aliphatic carbocycles. The van der Waals surface area contributed by atoms with Crippen LogP contribution in [-0.2, 0) is 4.74 Å². The molecule has 2 unspecified atom stereocenters. The van der Waals surface area contributed by atoms with Gasteiger partial charge < -0.3 is 4.74 Å². The summed E-state index contributed by atoms with van der Waals surface area (Å²) in [6.07, 6.45) is 3.98. The number of hydrogen-bond donors (Lipinski definition) is 0. The topological polar surface area (TPSA) is 21.6 Å². The molecule has 0 amide bonds. The minimum absolute atomic E-state index is 0.126. The van der Waals surface area contributed by atoms with Crippen molar-refractivity contribution in [2.45, 2.75) is 32.9 Å². The largest absolute Gasteiger partial charge is 0.490 e. The van der Waals surface area contributed by atoms with Gasteiger partial charge in [-0.1, -0.05) is 0 Å². The summed E-state index contributed by atoms with van der Waals surface area (Å²) in [5, 5.41) is 0. The van der Waals surface area contributed by atoms with Gasteiger partial charge in [-0.2, -0.15) is 0 Å². The second-order valence-corrected chi connectivity index (χ2v) is 2.64. The highest BCUT2D eigenvalue weighted by atomic mass is 16.5. The van der Waals surface area contributed by atoms with Gasteiger partial charge in [-0.25, -0.2) is 0 Å². The first kappa shape index (κ1) is 7.32. The van der Waals surface area contributed by atoms with Gasteiger partial charge in [-0.3, -0.25) is 4.99 Å². The summed E-state index contributed by atoms with van der Waals surface area (Å²) in [7, 11) is 0. The molecule has 0 fully saturated rings. The van der Waals surface area contributed by atoms with Crippen LogP contribution < -0.4 is 0 Å². The van der Waals surface area contributed by atoms with Crippen LogP contribution in [0.4, 0.5) is 0 Å². The van der Waals surface area contributed by atoms with E-state index in [0.29, 0.717) is 0 Å². The normalized spacial score (nSPS) is 32.5. The zero-order chi connectivity index (χ0) is 7.56. The molecule has 1 rings (SSSR count). The Bertz CT molecular complexity index is 172. The van der Waals surface area contributed by atoms with Crippen molar-refractivity contribution < 1.29 is 4.74 Å². The summed E-state index contributed by atoms with van der Waals surface area (Å²) in [4.78, 5) is 4.23. The van der Waals surface area contributed by atoms with E-state index in [0.717, 1.165) is 5.76 Å². The van der Waals surface area contributed by atoms with Crippen molar-refractivity contribution in [2.24, 2.45) is 4.99 Å². The van der Waals surface area contributed by atoms with Crippen LogP contribution in [0.3, 0.4) is 0 Å². The van der Waals surface area contributed by atoms with Gasteiger partial charge in [0.15, 0.2) is 0 Å². The second-order valence-electron chi connectivity index (χ2n) is 2.64. The number of nitrogens with zero attached hydrogens (tertiary/aromatic N) is 1. The maximum absolute atomic E-state index is 5.39. The van der Waals surface area contributed by atoms with E-state index in [2.05, 4.69) is 4.99 Å². The minimum atomic E-state index is 0.126. The quantitative estimate of drug-likeness (QED) is 0.501. The number of aliphatic imine (C=N–C) groups is 1. The van der Waals surface area contributed by atoms with Gasteiger partial charge in [-0.15, -0.1) is 0 Å². The molecule has 0 spiro atoms. The monoisotopic (exact) mass is 139 g/mol. The van der Waals surface area contributed by atoms with E-state index in [9.17, 15) is 0 Å². The van der Waals surface area contributed by atoms with Crippen LogP contribution in [0, 0.1) is 0 Å². The fourth-order valence-corrected chi connectivity index (χ4v) is 1.00. The van der Waals surface area contributed by atoms with Crippen molar-refractivity contribution in [3.63, 3.8) is 0 Å². The lowest BCUT2D eigenvalue weighted by Gasteiger charge is -2.06. The average molecular weight is 139 g/mol.